The number of likely N-dealkylation sites (N-methyl/N-ethyl adjacent to an activating group) is 1. The molecule has 0 aliphatic carbocycles. The van der Waals surface area contributed by atoms with Crippen LogP contribution in [0.2, 0.25) is 5.02 Å². The number of thiophene rings is 1. The second kappa shape index (κ2) is 8.81. The van der Waals surface area contributed by atoms with Crippen molar-refractivity contribution in [1.29, 1.82) is 0 Å². The van der Waals surface area contributed by atoms with Crippen LogP contribution in [0.1, 0.15) is 11.1 Å². The van der Waals surface area contributed by atoms with Crippen molar-refractivity contribution in [2.75, 3.05) is 39.8 Å². The zero-order valence-corrected chi connectivity index (χ0v) is 16.1. The summed E-state index contributed by atoms with van der Waals surface area (Å²) in [5.74, 6) is 0.189. The highest BCUT2D eigenvalue weighted by Crippen LogP contribution is 2.14. The topological polar surface area (TPSA) is 26.8 Å². The van der Waals surface area contributed by atoms with E-state index >= 15 is 0 Å². The van der Waals surface area contributed by atoms with Crippen LogP contribution >= 0.6 is 22.9 Å². The molecule has 25 heavy (non-hydrogen) atoms. The average molecular weight is 378 g/mol. The molecule has 0 spiro atoms. The quantitative estimate of drug-likeness (QED) is 0.773. The largest absolute Gasteiger partial charge is 0.340 e. The minimum Gasteiger partial charge on any atom is -0.340 e. The molecule has 1 aliphatic heterocycles. The van der Waals surface area contributed by atoms with E-state index in [4.69, 9.17) is 11.6 Å². The van der Waals surface area contributed by atoms with E-state index in [1.54, 1.807) is 11.3 Å². The summed E-state index contributed by atoms with van der Waals surface area (Å²) < 4.78 is 0. The van der Waals surface area contributed by atoms with Crippen LogP contribution in [-0.4, -0.2) is 60.4 Å². The van der Waals surface area contributed by atoms with Gasteiger partial charge >= 0.3 is 0 Å². The number of hydrogen-bond acceptors (Lipinski definition) is 4. The van der Waals surface area contributed by atoms with Crippen molar-refractivity contribution in [2.45, 2.75) is 13.1 Å². The van der Waals surface area contributed by atoms with Gasteiger partial charge in [0.2, 0.25) is 5.91 Å². The Morgan fingerprint density at radius 1 is 1.16 bits per heavy atom. The monoisotopic (exact) mass is 377 g/mol. The molecule has 0 bridgehead atoms. The molecule has 4 nitrogen and oxygen atoms in total. The van der Waals surface area contributed by atoms with Crippen LogP contribution in [-0.2, 0) is 17.9 Å². The van der Waals surface area contributed by atoms with Crippen molar-refractivity contribution in [2.24, 2.45) is 0 Å². The smallest absolute Gasteiger partial charge is 0.236 e. The third-order valence-electron chi connectivity index (χ3n) is 4.54. The predicted molar refractivity (Wildman–Crippen MR) is 104 cm³/mol. The summed E-state index contributed by atoms with van der Waals surface area (Å²) in [5, 5.41) is 4.93. The van der Waals surface area contributed by atoms with Gasteiger partial charge in [-0.15, -0.1) is 0 Å². The number of rotatable bonds is 6. The van der Waals surface area contributed by atoms with E-state index in [1.165, 1.54) is 11.1 Å². The molecule has 0 atom stereocenters. The third kappa shape index (κ3) is 5.54. The Morgan fingerprint density at radius 2 is 1.92 bits per heavy atom. The number of amides is 1. The molecule has 1 aromatic carbocycles. The number of halogens is 1. The molecule has 1 fully saturated rings. The van der Waals surface area contributed by atoms with Crippen molar-refractivity contribution in [1.82, 2.24) is 14.7 Å². The highest BCUT2D eigenvalue weighted by Gasteiger charge is 2.20. The first-order valence-electron chi connectivity index (χ1n) is 8.54. The Hall–Kier alpha value is -1.40. The van der Waals surface area contributed by atoms with Crippen molar-refractivity contribution in [3.05, 3.63) is 57.2 Å². The zero-order valence-electron chi connectivity index (χ0n) is 14.5. The summed E-state index contributed by atoms with van der Waals surface area (Å²) in [6, 6.07) is 10.1. The molecule has 1 aliphatic rings. The summed E-state index contributed by atoms with van der Waals surface area (Å²) in [6.45, 7) is 5.93. The first-order valence-corrected chi connectivity index (χ1v) is 9.86. The molecule has 0 radical (unpaired) electrons. The summed E-state index contributed by atoms with van der Waals surface area (Å²) in [7, 11) is 1.88. The fourth-order valence-electron chi connectivity index (χ4n) is 3.06. The molecule has 134 valence electrons. The number of carbonyl (C=O) groups is 1. The average Bonchev–Trinajstić information content (AvgIpc) is 3.09. The maximum atomic E-state index is 12.4. The number of nitrogens with zero attached hydrogens (tertiary/aromatic N) is 3. The van der Waals surface area contributed by atoms with Gasteiger partial charge in [-0.1, -0.05) is 23.7 Å². The minimum absolute atomic E-state index is 0.189. The standard InChI is InChI=1S/C19H24ClN3OS/c1-21(12-17-5-10-25-15-17)19(24)14-23-8-6-22(7-9-23)13-16-3-2-4-18(20)11-16/h2-5,10-11,15H,6-9,12-14H2,1H3. The lowest BCUT2D eigenvalue weighted by molar-refractivity contribution is -0.132. The Bertz CT molecular complexity index is 684. The van der Waals surface area contributed by atoms with Crippen LogP contribution in [0.15, 0.2) is 41.1 Å². The number of carbonyl (C=O) groups excluding carboxylic acids is 1. The van der Waals surface area contributed by atoms with Gasteiger partial charge in [-0.25, -0.2) is 0 Å². The first kappa shape index (κ1) is 18.4. The molecule has 0 unspecified atom stereocenters. The molecular weight excluding hydrogens is 354 g/mol. The van der Waals surface area contributed by atoms with Gasteiger partial charge in [0.15, 0.2) is 0 Å². The van der Waals surface area contributed by atoms with Gasteiger partial charge in [0.25, 0.3) is 0 Å². The number of hydrogen-bond donors (Lipinski definition) is 0. The second-order valence-electron chi connectivity index (χ2n) is 6.56. The van der Waals surface area contributed by atoms with Gasteiger partial charge in [0.1, 0.15) is 0 Å². The Kier molecular flexibility index (Phi) is 6.48. The van der Waals surface area contributed by atoms with Crippen LogP contribution in [0.3, 0.4) is 0 Å². The summed E-state index contributed by atoms with van der Waals surface area (Å²) >= 11 is 7.72. The van der Waals surface area contributed by atoms with Crippen molar-refractivity contribution < 1.29 is 4.79 Å². The Morgan fingerprint density at radius 3 is 2.60 bits per heavy atom. The van der Waals surface area contributed by atoms with Crippen LogP contribution in [0.4, 0.5) is 0 Å². The number of piperazine rings is 1. The first-order chi connectivity index (χ1) is 12.1. The van der Waals surface area contributed by atoms with Gasteiger partial charge < -0.3 is 4.90 Å². The third-order valence-corrected chi connectivity index (χ3v) is 5.51. The molecular formula is C19H24ClN3OS. The molecule has 2 aromatic rings. The van der Waals surface area contributed by atoms with E-state index in [0.717, 1.165) is 37.7 Å². The maximum absolute atomic E-state index is 12.4. The number of benzene rings is 1. The van der Waals surface area contributed by atoms with Crippen molar-refractivity contribution in [3.8, 4) is 0 Å². The van der Waals surface area contributed by atoms with Crippen LogP contribution in [0, 0.1) is 0 Å². The summed E-state index contributed by atoms with van der Waals surface area (Å²) in [5.41, 5.74) is 2.44. The molecule has 1 amide bonds. The molecule has 1 saturated heterocycles. The van der Waals surface area contributed by atoms with Gasteiger partial charge in [0, 0.05) is 51.3 Å². The predicted octanol–water partition coefficient (Wildman–Crippen LogP) is 3.18. The molecule has 2 heterocycles. The lowest BCUT2D eigenvalue weighted by Crippen LogP contribution is -2.49. The van der Waals surface area contributed by atoms with E-state index in [2.05, 4.69) is 27.3 Å². The van der Waals surface area contributed by atoms with Crippen molar-refractivity contribution >= 4 is 28.8 Å². The molecule has 0 saturated carbocycles. The lowest BCUT2D eigenvalue weighted by Gasteiger charge is -2.35. The second-order valence-corrected chi connectivity index (χ2v) is 7.78. The maximum Gasteiger partial charge on any atom is 0.236 e. The molecule has 6 heteroatoms. The normalized spacial score (nSPS) is 16.1. The zero-order chi connectivity index (χ0) is 17.6. The fraction of sp³-hybridized carbons (Fsp3) is 0.421. The molecule has 1 aromatic heterocycles. The van der Waals surface area contributed by atoms with Crippen molar-refractivity contribution in [3.63, 3.8) is 0 Å². The fourth-order valence-corrected chi connectivity index (χ4v) is 3.93. The molecule has 3 rings (SSSR count). The van der Waals surface area contributed by atoms with Crippen LogP contribution in [0.5, 0.6) is 0 Å². The van der Waals surface area contributed by atoms with Gasteiger partial charge in [0.05, 0.1) is 6.54 Å². The Labute approximate surface area is 158 Å². The van der Waals surface area contributed by atoms with E-state index in [-0.39, 0.29) is 5.91 Å². The van der Waals surface area contributed by atoms with Crippen LogP contribution in [0.25, 0.3) is 0 Å². The van der Waals surface area contributed by atoms with E-state index in [0.29, 0.717) is 13.1 Å². The SMILES string of the molecule is CN(Cc1ccsc1)C(=O)CN1CCN(Cc2cccc(Cl)c2)CC1. The van der Waals surface area contributed by atoms with E-state index in [1.807, 2.05) is 35.5 Å². The molecule has 0 N–H and O–H groups in total. The summed E-state index contributed by atoms with van der Waals surface area (Å²) in [4.78, 5) is 18.9. The van der Waals surface area contributed by atoms with Crippen LogP contribution < -0.4 is 0 Å². The lowest BCUT2D eigenvalue weighted by atomic mass is 10.2. The van der Waals surface area contributed by atoms with E-state index < -0.39 is 0 Å². The summed E-state index contributed by atoms with van der Waals surface area (Å²) in [6.07, 6.45) is 0. The highest BCUT2D eigenvalue weighted by atomic mass is 35.5. The van der Waals surface area contributed by atoms with E-state index in [9.17, 15) is 4.79 Å². The van der Waals surface area contributed by atoms with Gasteiger partial charge in [-0.3, -0.25) is 14.6 Å². The van der Waals surface area contributed by atoms with Gasteiger partial charge in [-0.05, 0) is 40.1 Å². The van der Waals surface area contributed by atoms with Gasteiger partial charge in [-0.2, -0.15) is 11.3 Å². The minimum atomic E-state index is 0.189. The Balaban J connectivity index is 1.42. The highest BCUT2D eigenvalue weighted by molar-refractivity contribution is 7.07.